The molecule has 1 heterocycles. The lowest BCUT2D eigenvalue weighted by Gasteiger charge is -2.20. The third kappa shape index (κ3) is 2.82. The summed E-state index contributed by atoms with van der Waals surface area (Å²) in [6, 6.07) is 3.90. The number of aromatic nitrogens is 1. The molecular formula is C14H17BrN2O2S. The van der Waals surface area contributed by atoms with Gasteiger partial charge in [-0.05, 0) is 42.0 Å². The Morgan fingerprint density at radius 1 is 1.30 bits per heavy atom. The van der Waals surface area contributed by atoms with Gasteiger partial charge in [-0.25, -0.2) is 4.98 Å². The number of hydrogen-bond donors (Lipinski definition) is 1. The second-order valence-corrected chi connectivity index (χ2v) is 6.07. The van der Waals surface area contributed by atoms with Gasteiger partial charge in [0.05, 0.1) is 31.0 Å². The molecule has 4 nitrogen and oxygen atoms in total. The molecule has 1 N–H and O–H groups in total. The van der Waals surface area contributed by atoms with Crippen molar-refractivity contribution < 1.29 is 9.47 Å². The standard InChI is InChI=1S/C14H17BrN2O2S/c1-8-17-10(7-20-8)13(16-2)9-5-6-11(18-3)12(15)14(9)19-4/h5-7,13,16H,1-4H3. The zero-order valence-corrected chi connectivity index (χ0v) is 14.3. The van der Waals surface area contributed by atoms with E-state index in [0.717, 1.165) is 32.2 Å². The molecule has 1 unspecified atom stereocenters. The lowest BCUT2D eigenvalue weighted by molar-refractivity contribution is 0.383. The smallest absolute Gasteiger partial charge is 0.141 e. The molecule has 0 aliphatic heterocycles. The Morgan fingerprint density at radius 2 is 2.05 bits per heavy atom. The zero-order chi connectivity index (χ0) is 14.7. The highest BCUT2D eigenvalue weighted by molar-refractivity contribution is 9.10. The molecular weight excluding hydrogens is 340 g/mol. The van der Waals surface area contributed by atoms with Crippen LogP contribution >= 0.6 is 27.3 Å². The van der Waals surface area contributed by atoms with Gasteiger partial charge >= 0.3 is 0 Å². The average molecular weight is 357 g/mol. The van der Waals surface area contributed by atoms with Crippen molar-refractivity contribution in [2.45, 2.75) is 13.0 Å². The molecule has 0 aliphatic carbocycles. The van der Waals surface area contributed by atoms with Crippen LogP contribution in [0.2, 0.25) is 0 Å². The van der Waals surface area contributed by atoms with Gasteiger partial charge in [-0.1, -0.05) is 0 Å². The van der Waals surface area contributed by atoms with Gasteiger partial charge in [-0.15, -0.1) is 11.3 Å². The largest absolute Gasteiger partial charge is 0.495 e. The molecule has 1 aromatic heterocycles. The number of ether oxygens (including phenoxy) is 2. The Hall–Kier alpha value is -1.11. The van der Waals surface area contributed by atoms with Crippen LogP contribution in [0.3, 0.4) is 0 Å². The summed E-state index contributed by atoms with van der Waals surface area (Å²) in [5.74, 6) is 1.50. The lowest BCUT2D eigenvalue weighted by Crippen LogP contribution is -2.19. The molecule has 20 heavy (non-hydrogen) atoms. The fourth-order valence-corrected chi connectivity index (χ4v) is 3.44. The van der Waals surface area contributed by atoms with Gasteiger partial charge in [0.1, 0.15) is 16.0 Å². The first-order valence-electron chi connectivity index (χ1n) is 6.12. The van der Waals surface area contributed by atoms with Crippen molar-refractivity contribution in [2.75, 3.05) is 21.3 Å². The molecule has 108 valence electrons. The van der Waals surface area contributed by atoms with E-state index < -0.39 is 0 Å². The highest BCUT2D eigenvalue weighted by Crippen LogP contribution is 2.41. The van der Waals surface area contributed by atoms with Crippen LogP contribution in [0.1, 0.15) is 22.3 Å². The van der Waals surface area contributed by atoms with Crippen LogP contribution in [0.5, 0.6) is 11.5 Å². The maximum Gasteiger partial charge on any atom is 0.141 e. The minimum absolute atomic E-state index is 0.0166. The van der Waals surface area contributed by atoms with E-state index in [-0.39, 0.29) is 6.04 Å². The maximum atomic E-state index is 5.54. The Morgan fingerprint density at radius 3 is 2.55 bits per heavy atom. The molecule has 0 saturated carbocycles. The highest BCUT2D eigenvalue weighted by Gasteiger charge is 2.22. The molecule has 0 aliphatic rings. The Balaban J connectivity index is 2.52. The van der Waals surface area contributed by atoms with Gasteiger partial charge in [-0.2, -0.15) is 0 Å². The molecule has 0 radical (unpaired) electrons. The minimum atomic E-state index is -0.0166. The first kappa shape index (κ1) is 15.3. The molecule has 2 aromatic rings. The number of thiazole rings is 1. The number of halogens is 1. The number of aryl methyl sites for hydroxylation is 1. The number of nitrogens with zero attached hydrogens (tertiary/aromatic N) is 1. The molecule has 0 fully saturated rings. The SMILES string of the molecule is CNC(c1csc(C)n1)c1ccc(OC)c(Br)c1OC. The van der Waals surface area contributed by atoms with Gasteiger partial charge in [0, 0.05) is 10.9 Å². The first-order valence-corrected chi connectivity index (χ1v) is 7.79. The zero-order valence-electron chi connectivity index (χ0n) is 11.9. The van der Waals surface area contributed by atoms with Crippen molar-refractivity contribution in [3.05, 3.63) is 38.3 Å². The number of nitrogens with one attached hydrogen (secondary N) is 1. The van der Waals surface area contributed by atoms with Crippen molar-refractivity contribution in [3.8, 4) is 11.5 Å². The first-order chi connectivity index (χ1) is 9.62. The van der Waals surface area contributed by atoms with E-state index in [1.54, 1.807) is 25.6 Å². The summed E-state index contributed by atoms with van der Waals surface area (Å²) in [4.78, 5) is 4.56. The molecule has 0 spiro atoms. The van der Waals surface area contributed by atoms with E-state index in [1.165, 1.54) is 0 Å². The predicted octanol–water partition coefficient (Wildman–Crippen LogP) is 3.54. The molecule has 2 rings (SSSR count). The monoisotopic (exact) mass is 356 g/mol. The average Bonchev–Trinajstić information content (AvgIpc) is 2.86. The second-order valence-electron chi connectivity index (χ2n) is 4.22. The molecule has 0 saturated heterocycles. The summed E-state index contributed by atoms with van der Waals surface area (Å²) in [6.07, 6.45) is 0. The summed E-state index contributed by atoms with van der Waals surface area (Å²) in [5.41, 5.74) is 2.01. The predicted molar refractivity (Wildman–Crippen MR) is 85.0 cm³/mol. The normalized spacial score (nSPS) is 12.2. The summed E-state index contributed by atoms with van der Waals surface area (Å²) in [7, 11) is 5.21. The van der Waals surface area contributed by atoms with Crippen molar-refractivity contribution >= 4 is 27.3 Å². The third-order valence-corrected chi connectivity index (χ3v) is 4.59. The van der Waals surface area contributed by atoms with E-state index >= 15 is 0 Å². The maximum absolute atomic E-state index is 5.54. The quantitative estimate of drug-likeness (QED) is 0.889. The Kier molecular flexibility index (Phi) is 5.01. The molecule has 0 amide bonds. The van der Waals surface area contributed by atoms with E-state index in [9.17, 15) is 0 Å². The van der Waals surface area contributed by atoms with Crippen molar-refractivity contribution in [2.24, 2.45) is 0 Å². The van der Waals surface area contributed by atoms with Gasteiger partial charge in [-0.3, -0.25) is 0 Å². The van der Waals surface area contributed by atoms with Crippen molar-refractivity contribution in [1.82, 2.24) is 10.3 Å². The molecule has 0 bridgehead atoms. The van der Waals surface area contributed by atoms with E-state index in [2.05, 4.69) is 31.6 Å². The van der Waals surface area contributed by atoms with Crippen molar-refractivity contribution in [3.63, 3.8) is 0 Å². The van der Waals surface area contributed by atoms with Crippen LogP contribution in [-0.2, 0) is 0 Å². The topological polar surface area (TPSA) is 43.4 Å². The number of benzene rings is 1. The molecule has 1 aromatic carbocycles. The molecule has 6 heteroatoms. The lowest BCUT2D eigenvalue weighted by atomic mass is 10.0. The van der Waals surface area contributed by atoms with Gasteiger partial charge < -0.3 is 14.8 Å². The highest BCUT2D eigenvalue weighted by atomic mass is 79.9. The minimum Gasteiger partial charge on any atom is -0.495 e. The third-order valence-electron chi connectivity index (χ3n) is 3.05. The van der Waals surface area contributed by atoms with Crippen LogP contribution in [0.25, 0.3) is 0 Å². The van der Waals surface area contributed by atoms with Crippen LogP contribution < -0.4 is 14.8 Å². The van der Waals surface area contributed by atoms with E-state index in [0.29, 0.717) is 0 Å². The van der Waals surface area contributed by atoms with Gasteiger partial charge in [0.2, 0.25) is 0 Å². The summed E-state index contributed by atoms with van der Waals surface area (Å²) in [6.45, 7) is 2.00. The Bertz CT molecular complexity index is 601. The summed E-state index contributed by atoms with van der Waals surface area (Å²) in [5, 5.41) is 6.40. The van der Waals surface area contributed by atoms with Gasteiger partial charge in [0.15, 0.2) is 0 Å². The number of rotatable bonds is 5. The van der Waals surface area contributed by atoms with Crippen LogP contribution in [-0.4, -0.2) is 26.3 Å². The fraction of sp³-hybridized carbons (Fsp3) is 0.357. The van der Waals surface area contributed by atoms with Crippen LogP contribution in [0, 0.1) is 6.92 Å². The Labute approximate surface area is 131 Å². The fourth-order valence-electron chi connectivity index (χ4n) is 2.12. The van der Waals surface area contributed by atoms with Crippen molar-refractivity contribution in [1.29, 1.82) is 0 Å². The number of methoxy groups -OCH3 is 2. The summed E-state index contributed by atoms with van der Waals surface area (Å²) >= 11 is 5.17. The van der Waals surface area contributed by atoms with E-state index in [1.807, 2.05) is 26.1 Å². The molecule has 1 atom stereocenters. The van der Waals surface area contributed by atoms with Gasteiger partial charge in [0.25, 0.3) is 0 Å². The number of hydrogen-bond acceptors (Lipinski definition) is 5. The van der Waals surface area contributed by atoms with Crippen LogP contribution in [0.4, 0.5) is 0 Å². The second kappa shape index (κ2) is 6.56. The summed E-state index contributed by atoms with van der Waals surface area (Å²) < 4.78 is 11.7. The van der Waals surface area contributed by atoms with Crippen LogP contribution in [0.15, 0.2) is 22.0 Å². The van der Waals surface area contributed by atoms with E-state index in [4.69, 9.17) is 9.47 Å².